The fraction of sp³-hybridized carbons (Fsp3) is 0.100. The van der Waals surface area contributed by atoms with E-state index in [1.807, 2.05) is 25.1 Å². The molecule has 1 N–H and O–H groups in total. The molecule has 29 heavy (non-hydrogen) atoms. The number of hydrogen-bond acceptors (Lipinski definition) is 6. The van der Waals surface area contributed by atoms with Crippen LogP contribution in [0, 0.1) is 24.0 Å². The molecule has 0 spiro atoms. The minimum atomic E-state index is -0.499. The zero-order valence-corrected chi connectivity index (χ0v) is 15.7. The number of nitro groups is 1. The third kappa shape index (κ3) is 3.53. The number of aryl methyl sites for hydroxylation is 2. The Morgan fingerprint density at radius 1 is 1.07 bits per heavy atom. The number of rotatable bonds is 4. The summed E-state index contributed by atoms with van der Waals surface area (Å²) in [6.45, 7) is 3.44. The Morgan fingerprint density at radius 2 is 1.90 bits per heavy atom. The molecule has 0 aliphatic heterocycles. The largest absolute Gasteiger partial charge is 0.322 e. The summed E-state index contributed by atoms with van der Waals surface area (Å²) in [7, 11) is 0. The van der Waals surface area contributed by atoms with Crippen molar-refractivity contribution in [3.8, 4) is 11.3 Å². The van der Waals surface area contributed by atoms with E-state index in [1.165, 1.54) is 6.07 Å². The number of carbonyl (C=O) groups is 1. The predicted octanol–water partition coefficient (Wildman–Crippen LogP) is 3.57. The SMILES string of the molecule is Cc1ccc(C(=O)Nc2cccc(-c3ccc4nnc(C)n4n3)c2)cc1[N+](=O)[O-]. The summed E-state index contributed by atoms with van der Waals surface area (Å²) in [5.74, 6) is 0.246. The van der Waals surface area contributed by atoms with Crippen LogP contribution in [0.15, 0.2) is 54.6 Å². The van der Waals surface area contributed by atoms with Gasteiger partial charge in [-0.05, 0) is 44.2 Å². The van der Waals surface area contributed by atoms with Crippen LogP contribution in [0.3, 0.4) is 0 Å². The highest BCUT2D eigenvalue weighted by Crippen LogP contribution is 2.23. The van der Waals surface area contributed by atoms with Crippen LogP contribution >= 0.6 is 0 Å². The molecule has 9 heteroatoms. The van der Waals surface area contributed by atoms with Gasteiger partial charge in [0, 0.05) is 28.4 Å². The first-order chi connectivity index (χ1) is 13.9. The molecule has 0 saturated heterocycles. The lowest BCUT2D eigenvalue weighted by atomic mass is 10.1. The highest BCUT2D eigenvalue weighted by Gasteiger charge is 2.15. The number of nitrogens with zero attached hydrogens (tertiary/aromatic N) is 5. The van der Waals surface area contributed by atoms with E-state index in [2.05, 4.69) is 20.6 Å². The lowest BCUT2D eigenvalue weighted by Gasteiger charge is -2.08. The van der Waals surface area contributed by atoms with Gasteiger partial charge in [-0.3, -0.25) is 14.9 Å². The zero-order chi connectivity index (χ0) is 20.5. The number of benzene rings is 2. The summed E-state index contributed by atoms with van der Waals surface area (Å²) in [6, 6.07) is 15.2. The van der Waals surface area contributed by atoms with Crippen molar-refractivity contribution in [1.29, 1.82) is 0 Å². The molecule has 9 nitrogen and oxygen atoms in total. The first kappa shape index (κ1) is 18.2. The van der Waals surface area contributed by atoms with Crippen molar-refractivity contribution >= 4 is 22.9 Å². The Balaban J connectivity index is 1.62. The third-order valence-corrected chi connectivity index (χ3v) is 4.50. The first-order valence-electron chi connectivity index (χ1n) is 8.78. The van der Waals surface area contributed by atoms with Crippen LogP contribution < -0.4 is 5.32 Å². The van der Waals surface area contributed by atoms with Crippen molar-refractivity contribution < 1.29 is 9.72 Å². The number of carbonyl (C=O) groups excluding carboxylic acids is 1. The molecule has 0 atom stereocenters. The standard InChI is InChI=1S/C20H16N6O3/c1-12-6-7-15(11-18(12)26(28)29)20(27)21-16-5-3-4-14(10-16)17-8-9-19-23-22-13(2)25(19)24-17/h3-11H,1-2H3,(H,21,27). The molecule has 2 heterocycles. The number of hydrogen-bond donors (Lipinski definition) is 1. The monoisotopic (exact) mass is 388 g/mol. The molecule has 4 rings (SSSR count). The van der Waals surface area contributed by atoms with Gasteiger partial charge in [0.1, 0.15) is 0 Å². The van der Waals surface area contributed by atoms with Gasteiger partial charge in [-0.2, -0.15) is 9.61 Å². The van der Waals surface area contributed by atoms with Crippen LogP contribution in [-0.4, -0.2) is 30.6 Å². The zero-order valence-electron chi connectivity index (χ0n) is 15.7. The minimum Gasteiger partial charge on any atom is -0.322 e. The first-order valence-corrected chi connectivity index (χ1v) is 8.78. The van der Waals surface area contributed by atoms with E-state index in [-0.39, 0.29) is 11.3 Å². The van der Waals surface area contributed by atoms with Gasteiger partial charge in [0.2, 0.25) is 0 Å². The Bertz CT molecular complexity index is 1260. The van der Waals surface area contributed by atoms with Crippen molar-refractivity contribution in [3.05, 3.63) is 81.7 Å². The summed E-state index contributed by atoms with van der Waals surface area (Å²) >= 11 is 0. The van der Waals surface area contributed by atoms with Gasteiger partial charge in [-0.15, -0.1) is 10.2 Å². The summed E-state index contributed by atoms with van der Waals surface area (Å²) in [5.41, 5.74) is 3.32. The summed E-state index contributed by atoms with van der Waals surface area (Å²) in [5, 5.41) is 26.4. The number of nitro benzene ring substituents is 1. The van der Waals surface area contributed by atoms with E-state index >= 15 is 0 Å². The van der Waals surface area contributed by atoms with Crippen LogP contribution in [0.25, 0.3) is 16.9 Å². The highest BCUT2D eigenvalue weighted by molar-refractivity contribution is 6.05. The van der Waals surface area contributed by atoms with Crippen molar-refractivity contribution in [2.45, 2.75) is 13.8 Å². The molecule has 0 bridgehead atoms. The van der Waals surface area contributed by atoms with Gasteiger partial charge in [0.15, 0.2) is 11.5 Å². The van der Waals surface area contributed by atoms with Crippen molar-refractivity contribution in [3.63, 3.8) is 0 Å². The van der Waals surface area contributed by atoms with E-state index in [9.17, 15) is 14.9 Å². The number of nitrogens with one attached hydrogen (secondary N) is 1. The number of amides is 1. The second kappa shape index (κ2) is 7.12. The van der Waals surface area contributed by atoms with Gasteiger partial charge in [0.25, 0.3) is 11.6 Å². The number of aromatic nitrogens is 4. The van der Waals surface area contributed by atoms with E-state index in [0.29, 0.717) is 28.4 Å². The quantitative estimate of drug-likeness (QED) is 0.422. The van der Waals surface area contributed by atoms with E-state index in [1.54, 1.807) is 41.8 Å². The van der Waals surface area contributed by atoms with E-state index in [0.717, 1.165) is 5.56 Å². The highest BCUT2D eigenvalue weighted by atomic mass is 16.6. The van der Waals surface area contributed by atoms with Crippen LogP contribution in [0.1, 0.15) is 21.7 Å². The molecule has 0 aliphatic rings. The average molecular weight is 388 g/mol. The maximum absolute atomic E-state index is 12.6. The Morgan fingerprint density at radius 3 is 2.69 bits per heavy atom. The Labute approximate surface area is 165 Å². The topological polar surface area (TPSA) is 115 Å². The minimum absolute atomic E-state index is 0.0896. The van der Waals surface area contributed by atoms with Crippen LogP contribution in [0.2, 0.25) is 0 Å². The second-order valence-corrected chi connectivity index (χ2v) is 6.53. The van der Waals surface area contributed by atoms with Gasteiger partial charge < -0.3 is 5.32 Å². The molecule has 0 unspecified atom stereocenters. The van der Waals surface area contributed by atoms with Crippen LogP contribution in [0.4, 0.5) is 11.4 Å². The lowest BCUT2D eigenvalue weighted by molar-refractivity contribution is -0.385. The van der Waals surface area contributed by atoms with E-state index in [4.69, 9.17) is 0 Å². The van der Waals surface area contributed by atoms with Gasteiger partial charge >= 0.3 is 0 Å². The van der Waals surface area contributed by atoms with Crippen molar-refractivity contribution in [1.82, 2.24) is 19.8 Å². The van der Waals surface area contributed by atoms with Gasteiger partial charge in [-0.1, -0.05) is 18.2 Å². The van der Waals surface area contributed by atoms with E-state index < -0.39 is 10.8 Å². The smallest absolute Gasteiger partial charge is 0.273 e. The fourth-order valence-corrected chi connectivity index (χ4v) is 2.96. The van der Waals surface area contributed by atoms with Gasteiger partial charge in [-0.25, -0.2) is 0 Å². The van der Waals surface area contributed by atoms with Crippen LogP contribution in [0.5, 0.6) is 0 Å². The molecule has 2 aromatic heterocycles. The molecular weight excluding hydrogens is 372 g/mol. The molecule has 0 fully saturated rings. The second-order valence-electron chi connectivity index (χ2n) is 6.53. The Kier molecular flexibility index (Phi) is 4.47. The number of anilines is 1. The molecule has 0 radical (unpaired) electrons. The predicted molar refractivity (Wildman–Crippen MR) is 107 cm³/mol. The maximum atomic E-state index is 12.6. The molecule has 0 aliphatic carbocycles. The summed E-state index contributed by atoms with van der Waals surface area (Å²) < 4.78 is 1.64. The third-order valence-electron chi connectivity index (χ3n) is 4.50. The molecule has 2 aromatic carbocycles. The fourth-order valence-electron chi connectivity index (χ4n) is 2.96. The lowest BCUT2D eigenvalue weighted by Crippen LogP contribution is -2.12. The number of fused-ring (bicyclic) bond motifs is 1. The Hall–Kier alpha value is -4.14. The molecule has 0 saturated carbocycles. The van der Waals surface area contributed by atoms with Gasteiger partial charge in [0.05, 0.1) is 10.6 Å². The normalized spacial score (nSPS) is 10.8. The molecular formula is C20H16N6O3. The average Bonchev–Trinajstić information content (AvgIpc) is 3.08. The summed E-state index contributed by atoms with van der Waals surface area (Å²) in [4.78, 5) is 23.2. The molecule has 1 amide bonds. The maximum Gasteiger partial charge on any atom is 0.273 e. The van der Waals surface area contributed by atoms with Crippen molar-refractivity contribution in [2.75, 3.05) is 5.32 Å². The molecule has 144 valence electrons. The van der Waals surface area contributed by atoms with Crippen molar-refractivity contribution in [2.24, 2.45) is 0 Å². The van der Waals surface area contributed by atoms with Crippen LogP contribution in [-0.2, 0) is 0 Å². The summed E-state index contributed by atoms with van der Waals surface area (Å²) in [6.07, 6.45) is 0. The molecule has 4 aromatic rings.